The summed E-state index contributed by atoms with van der Waals surface area (Å²) >= 11 is 11.5. The Hall–Kier alpha value is -1.85. The number of benzene rings is 1. The molecule has 0 bridgehead atoms. The molecule has 21 heavy (non-hydrogen) atoms. The molecule has 7 heteroatoms. The molecule has 0 aliphatic rings. The quantitative estimate of drug-likeness (QED) is 0.832. The van der Waals surface area contributed by atoms with Gasteiger partial charge in [-0.25, -0.2) is 14.2 Å². The maximum Gasteiger partial charge on any atom is 0.319 e. The zero-order valence-electron chi connectivity index (χ0n) is 11.1. The van der Waals surface area contributed by atoms with Crippen molar-refractivity contribution in [1.29, 1.82) is 0 Å². The highest BCUT2D eigenvalue weighted by Crippen LogP contribution is 2.18. The summed E-state index contributed by atoms with van der Waals surface area (Å²) in [7, 11) is 0. The average molecular weight is 328 g/mol. The van der Waals surface area contributed by atoms with Crippen LogP contribution in [0.2, 0.25) is 10.3 Å². The van der Waals surface area contributed by atoms with Gasteiger partial charge in [-0.2, -0.15) is 0 Å². The minimum Gasteiger partial charge on any atom is -0.334 e. The molecular weight excluding hydrogens is 316 g/mol. The standard InChI is InChI=1S/C14H12Cl2FN3O/c1-8-2-3-10(17)4-9(8)7-18-14(21)19-11-5-12(15)20-13(16)6-11/h2-6H,7H2,1H3,(H2,18,19,20,21). The second-order valence-electron chi connectivity index (χ2n) is 4.38. The normalized spacial score (nSPS) is 10.3. The van der Waals surface area contributed by atoms with Crippen molar-refractivity contribution in [2.24, 2.45) is 0 Å². The van der Waals surface area contributed by atoms with E-state index in [1.54, 1.807) is 6.07 Å². The number of pyridine rings is 1. The summed E-state index contributed by atoms with van der Waals surface area (Å²) in [5, 5.41) is 5.57. The number of anilines is 1. The summed E-state index contributed by atoms with van der Waals surface area (Å²) in [6.07, 6.45) is 0. The summed E-state index contributed by atoms with van der Waals surface area (Å²) in [6.45, 7) is 2.05. The van der Waals surface area contributed by atoms with Crippen LogP contribution in [0.4, 0.5) is 14.9 Å². The first-order valence-electron chi connectivity index (χ1n) is 6.07. The van der Waals surface area contributed by atoms with Crippen LogP contribution in [-0.4, -0.2) is 11.0 Å². The summed E-state index contributed by atoms with van der Waals surface area (Å²) in [5.74, 6) is -0.342. The largest absolute Gasteiger partial charge is 0.334 e. The van der Waals surface area contributed by atoms with Crippen LogP contribution in [0.15, 0.2) is 30.3 Å². The molecule has 0 unspecified atom stereocenters. The Bertz CT molecular complexity index is 659. The zero-order chi connectivity index (χ0) is 15.4. The number of hydrogen-bond donors (Lipinski definition) is 2. The monoisotopic (exact) mass is 327 g/mol. The molecule has 0 radical (unpaired) electrons. The van der Waals surface area contributed by atoms with E-state index < -0.39 is 6.03 Å². The predicted molar refractivity (Wildman–Crippen MR) is 81.3 cm³/mol. The first-order valence-corrected chi connectivity index (χ1v) is 6.82. The molecule has 1 aromatic carbocycles. The van der Waals surface area contributed by atoms with E-state index in [1.165, 1.54) is 24.3 Å². The fourth-order valence-corrected chi connectivity index (χ4v) is 2.18. The molecule has 2 N–H and O–H groups in total. The van der Waals surface area contributed by atoms with Crippen molar-refractivity contribution in [2.75, 3.05) is 5.32 Å². The number of amides is 2. The van der Waals surface area contributed by atoms with Crippen LogP contribution in [0.3, 0.4) is 0 Å². The maximum atomic E-state index is 13.1. The number of halogens is 3. The van der Waals surface area contributed by atoms with Gasteiger partial charge in [0.15, 0.2) is 0 Å². The molecular formula is C14H12Cl2FN3O. The van der Waals surface area contributed by atoms with Gasteiger partial charge >= 0.3 is 6.03 Å². The summed E-state index contributed by atoms with van der Waals surface area (Å²) in [4.78, 5) is 15.6. The SMILES string of the molecule is Cc1ccc(F)cc1CNC(=O)Nc1cc(Cl)nc(Cl)c1. The van der Waals surface area contributed by atoms with Gasteiger partial charge in [-0.1, -0.05) is 29.3 Å². The molecule has 1 aromatic heterocycles. The van der Waals surface area contributed by atoms with Crippen molar-refractivity contribution < 1.29 is 9.18 Å². The number of urea groups is 1. The zero-order valence-corrected chi connectivity index (χ0v) is 12.6. The van der Waals surface area contributed by atoms with Crippen LogP contribution in [0, 0.1) is 12.7 Å². The van der Waals surface area contributed by atoms with E-state index in [4.69, 9.17) is 23.2 Å². The molecule has 0 fully saturated rings. The van der Waals surface area contributed by atoms with Gasteiger partial charge in [0.25, 0.3) is 0 Å². The van der Waals surface area contributed by atoms with Gasteiger partial charge in [0.1, 0.15) is 16.1 Å². The van der Waals surface area contributed by atoms with E-state index in [0.717, 1.165) is 5.56 Å². The van der Waals surface area contributed by atoms with Crippen LogP contribution >= 0.6 is 23.2 Å². The second kappa shape index (κ2) is 6.74. The van der Waals surface area contributed by atoms with Gasteiger partial charge in [0, 0.05) is 12.2 Å². The lowest BCUT2D eigenvalue weighted by atomic mass is 10.1. The Labute approximate surface area is 131 Å². The number of aryl methyl sites for hydroxylation is 1. The molecule has 0 aliphatic heterocycles. The summed E-state index contributed by atoms with van der Waals surface area (Å²) < 4.78 is 13.1. The smallest absolute Gasteiger partial charge is 0.319 e. The molecule has 1 heterocycles. The van der Waals surface area contributed by atoms with Crippen molar-refractivity contribution in [1.82, 2.24) is 10.3 Å². The molecule has 110 valence electrons. The Balaban J connectivity index is 1.97. The number of hydrogen-bond acceptors (Lipinski definition) is 2. The lowest BCUT2D eigenvalue weighted by molar-refractivity contribution is 0.251. The van der Waals surface area contributed by atoms with E-state index in [2.05, 4.69) is 15.6 Å². The second-order valence-corrected chi connectivity index (χ2v) is 5.15. The van der Waals surface area contributed by atoms with Gasteiger partial charge in [0.2, 0.25) is 0 Å². The topological polar surface area (TPSA) is 54.0 Å². The third-order valence-electron chi connectivity index (χ3n) is 2.77. The van der Waals surface area contributed by atoms with Gasteiger partial charge in [0.05, 0.1) is 0 Å². The Morgan fingerprint density at radius 1 is 1.24 bits per heavy atom. The molecule has 0 saturated heterocycles. The lowest BCUT2D eigenvalue weighted by Gasteiger charge is -2.10. The maximum absolute atomic E-state index is 13.1. The number of nitrogens with zero attached hydrogens (tertiary/aromatic N) is 1. The third kappa shape index (κ3) is 4.58. The molecule has 0 atom stereocenters. The first-order chi connectivity index (χ1) is 9.94. The number of rotatable bonds is 3. The van der Waals surface area contributed by atoms with Crippen LogP contribution in [-0.2, 0) is 6.54 Å². The Kier molecular flexibility index (Phi) is 4.98. The summed E-state index contributed by atoms with van der Waals surface area (Å²) in [6, 6.07) is 6.92. The van der Waals surface area contributed by atoms with Crippen molar-refractivity contribution >= 4 is 34.9 Å². The van der Waals surface area contributed by atoms with Crippen molar-refractivity contribution in [3.8, 4) is 0 Å². The molecule has 0 spiro atoms. The summed E-state index contributed by atoms with van der Waals surface area (Å²) in [5.41, 5.74) is 2.02. The van der Waals surface area contributed by atoms with Crippen LogP contribution in [0.5, 0.6) is 0 Å². The molecule has 2 amide bonds. The first kappa shape index (κ1) is 15.5. The molecule has 0 aliphatic carbocycles. The van der Waals surface area contributed by atoms with Crippen LogP contribution in [0.1, 0.15) is 11.1 Å². The van der Waals surface area contributed by atoms with Crippen LogP contribution < -0.4 is 10.6 Å². The van der Waals surface area contributed by atoms with E-state index >= 15 is 0 Å². The van der Waals surface area contributed by atoms with Crippen molar-refractivity contribution in [2.45, 2.75) is 13.5 Å². The van der Waals surface area contributed by atoms with E-state index in [9.17, 15) is 9.18 Å². The van der Waals surface area contributed by atoms with Crippen molar-refractivity contribution in [3.63, 3.8) is 0 Å². The fraction of sp³-hybridized carbons (Fsp3) is 0.143. The predicted octanol–water partition coefficient (Wildman–Crippen LogP) is 4.16. The molecule has 2 aromatic rings. The Morgan fingerprint density at radius 3 is 2.57 bits per heavy atom. The number of carbonyl (C=O) groups excluding carboxylic acids is 1. The number of aromatic nitrogens is 1. The minimum atomic E-state index is -0.447. The number of nitrogens with one attached hydrogen (secondary N) is 2. The average Bonchev–Trinajstić information content (AvgIpc) is 2.38. The minimum absolute atomic E-state index is 0.179. The van der Waals surface area contributed by atoms with E-state index in [0.29, 0.717) is 11.3 Å². The van der Waals surface area contributed by atoms with Crippen LogP contribution in [0.25, 0.3) is 0 Å². The molecule has 0 saturated carbocycles. The highest BCUT2D eigenvalue weighted by atomic mass is 35.5. The molecule has 4 nitrogen and oxygen atoms in total. The third-order valence-corrected chi connectivity index (χ3v) is 3.16. The lowest BCUT2D eigenvalue weighted by Crippen LogP contribution is -2.28. The number of carbonyl (C=O) groups is 1. The van der Waals surface area contributed by atoms with Gasteiger partial charge in [-0.05, 0) is 42.3 Å². The van der Waals surface area contributed by atoms with E-state index in [1.807, 2.05) is 6.92 Å². The van der Waals surface area contributed by atoms with E-state index in [-0.39, 0.29) is 22.7 Å². The van der Waals surface area contributed by atoms with Gasteiger partial charge in [-0.3, -0.25) is 0 Å². The van der Waals surface area contributed by atoms with Gasteiger partial charge < -0.3 is 10.6 Å². The fourth-order valence-electron chi connectivity index (χ4n) is 1.72. The molecule has 2 rings (SSSR count). The highest BCUT2D eigenvalue weighted by molar-refractivity contribution is 6.32. The van der Waals surface area contributed by atoms with Crippen molar-refractivity contribution in [3.05, 3.63) is 57.6 Å². The Morgan fingerprint density at radius 2 is 1.90 bits per heavy atom. The highest BCUT2D eigenvalue weighted by Gasteiger charge is 2.06. The van der Waals surface area contributed by atoms with Gasteiger partial charge in [-0.15, -0.1) is 0 Å².